The van der Waals surface area contributed by atoms with Crippen LogP contribution in [-0.2, 0) is 22.6 Å². The van der Waals surface area contributed by atoms with Crippen LogP contribution in [0.4, 0.5) is 4.39 Å². The Morgan fingerprint density at radius 1 is 1.30 bits per heavy atom. The fourth-order valence-corrected chi connectivity index (χ4v) is 3.78. The Labute approximate surface area is 135 Å². The molecular weight excluding hydrogens is 299 g/mol. The highest BCUT2D eigenvalue weighted by Gasteiger charge is 2.38. The van der Waals surface area contributed by atoms with Gasteiger partial charge in [-0.15, -0.1) is 0 Å². The van der Waals surface area contributed by atoms with E-state index < -0.39 is 12.4 Å². The third-order valence-corrected chi connectivity index (χ3v) is 5.06. The fourth-order valence-electron chi connectivity index (χ4n) is 3.78. The van der Waals surface area contributed by atoms with Gasteiger partial charge in [0.25, 0.3) is 0 Å². The predicted octanol–water partition coefficient (Wildman–Crippen LogP) is 2.99. The minimum Gasteiger partial charge on any atom is -0.423 e. The molecule has 1 aromatic carbocycles. The number of esters is 1. The molecule has 1 unspecified atom stereocenters. The second-order valence-corrected chi connectivity index (χ2v) is 6.41. The summed E-state index contributed by atoms with van der Waals surface area (Å²) >= 11 is 0. The van der Waals surface area contributed by atoms with Crippen LogP contribution in [0.25, 0.3) is 0 Å². The summed E-state index contributed by atoms with van der Waals surface area (Å²) < 4.78 is 25.1. The number of fused-ring (bicyclic) bond motifs is 1. The maximum atomic E-state index is 14.2. The predicted molar refractivity (Wildman–Crippen MR) is 82.5 cm³/mol. The summed E-state index contributed by atoms with van der Waals surface area (Å²) in [6.07, 6.45) is 4.63. The normalized spacial score (nSPS) is 27.4. The van der Waals surface area contributed by atoms with Gasteiger partial charge in [0.05, 0.1) is 18.6 Å². The van der Waals surface area contributed by atoms with Gasteiger partial charge in [-0.3, -0.25) is 4.79 Å². The highest BCUT2D eigenvalue weighted by molar-refractivity contribution is 5.78. The number of rotatable bonds is 4. The smallest absolute Gasteiger partial charge is 0.315 e. The minimum absolute atomic E-state index is 0.000743. The third kappa shape index (κ3) is 3.26. The second-order valence-electron chi connectivity index (χ2n) is 6.41. The average Bonchev–Trinajstić information content (AvgIpc) is 2.56. The molecule has 23 heavy (non-hydrogen) atoms. The standard InChI is InChI=1S/C18H23FO4/c1-2-22-14-7-5-11(6-8-14)15-9-12-3-4-13(10-20)16(19)17(12)23-18(15)21/h3-4,11,14-15,20H,2,5-10H2,1H3. The third-order valence-electron chi connectivity index (χ3n) is 5.06. The van der Waals surface area contributed by atoms with Crippen LogP contribution < -0.4 is 4.74 Å². The van der Waals surface area contributed by atoms with E-state index in [2.05, 4.69) is 0 Å². The Hall–Kier alpha value is -1.46. The number of carbonyl (C=O) groups is 1. The zero-order valence-corrected chi connectivity index (χ0v) is 13.4. The first kappa shape index (κ1) is 16.4. The summed E-state index contributed by atoms with van der Waals surface area (Å²) in [6.45, 7) is 2.32. The van der Waals surface area contributed by atoms with Crippen LogP contribution in [0, 0.1) is 17.7 Å². The SMILES string of the molecule is CCOC1CCC(C2Cc3ccc(CO)c(F)c3OC2=O)CC1. The van der Waals surface area contributed by atoms with Crippen molar-refractivity contribution in [3.63, 3.8) is 0 Å². The highest BCUT2D eigenvalue weighted by atomic mass is 19.1. The topological polar surface area (TPSA) is 55.8 Å². The summed E-state index contributed by atoms with van der Waals surface area (Å²) in [5.74, 6) is -0.888. The van der Waals surface area contributed by atoms with Gasteiger partial charge in [-0.2, -0.15) is 0 Å². The lowest BCUT2D eigenvalue weighted by atomic mass is 9.75. The van der Waals surface area contributed by atoms with Crippen molar-refractivity contribution in [1.29, 1.82) is 0 Å². The van der Waals surface area contributed by atoms with Gasteiger partial charge in [0, 0.05) is 12.2 Å². The van der Waals surface area contributed by atoms with Crippen molar-refractivity contribution in [2.45, 2.75) is 51.7 Å². The van der Waals surface area contributed by atoms with Crippen LogP contribution in [-0.4, -0.2) is 23.8 Å². The largest absolute Gasteiger partial charge is 0.423 e. The molecule has 3 rings (SSSR count). The molecule has 1 fully saturated rings. The molecule has 1 heterocycles. The van der Waals surface area contributed by atoms with Gasteiger partial charge in [0.15, 0.2) is 11.6 Å². The number of benzene rings is 1. The van der Waals surface area contributed by atoms with Crippen LogP contribution >= 0.6 is 0 Å². The quantitative estimate of drug-likeness (QED) is 0.684. The number of halogens is 1. The number of hydrogen-bond acceptors (Lipinski definition) is 4. The Morgan fingerprint density at radius 3 is 2.70 bits per heavy atom. The molecule has 4 nitrogen and oxygen atoms in total. The van der Waals surface area contributed by atoms with E-state index in [1.165, 1.54) is 0 Å². The van der Waals surface area contributed by atoms with Crippen molar-refractivity contribution >= 4 is 5.97 Å². The van der Waals surface area contributed by atoms with Crippen LogP contribution in [0.1, 0.15) is 43.7 Å². The zero-order chi connectivity index (χ0) is 16.4. The molecule has 0 aromatic heterocycles. The molecule has 1 aromatic rings. The minimum atomic E-state index is -0.614. The number of carbonyl (C=O) groups excluding carboxylic acids is 1. The van der Waals surface area contributed by atoms with Crippen LogP contribution in [0.5, 0.6) is 5.75 Å². The molecule has 1 N–H and O–H groups in total. The molecule has 1 aliphatic heterocycles. The Morgan fingerprint density at radius 2 is 2.04 bits per heavy atom. The summed E-state index contributed by atoms with van der Waals surface area (Å²) in [6, 6.07) is 3.33. The number of ether oxygens (including phenoxy) is 2. The van der Waals surface area contributed by atoms with Gasteiger partial charge in [0.2, 0.25) is 0 Å². The summed E-state index contributed by atoms with van der Waals surface area (Å²) in [4.78, 5) is 12.3. The molecule has 2 aliphatic rings. The fraction of sp³-hybridized carbons (Fsp3) is 0.611. The summed E-state index contributed by atoms with van der Waals surface area (Å²) in [5, 5.41) is 9.12. The lowest BCUT2D eigenvalue weighted by Gasteiger charge is -2.35. The van der Waals surface area contributed by atoms with Gasteiger partial charge >= 0.3 is 5.97 Å². The van der Waals surface area contributed by atoms with Crippen LogP contribution in [0.2, 0.25) is 0 Å². The van der Waals surface area contributed by atoms with Crippen molar-refractivity contribution < 1.29 is 23.8 Å². The average molecular weight is 322 g/mol. The molecule has 0 bridgehead atoms. The van der Waals surface area contributed by atoms with E-state index in [4.69, 9.17) is 14.6 Å². The Bertz CT molecular complexity index is 579. The Balaban J connectivity index is 1.72. The van der Waals surface area contributed by atoms with Crippen molar-refractivity contribution in [1.82, 2.24) is 0 Å². The molecule has 126 valence electrons. The first-order chi connectivity index (χ1) is 11.1. The maximum absolute atomic E-state index is 14.2. The molecule has 1 aliphatic carbocycles. The monoisotopic (exact) mass is 322 g/mol. The molecular formula is C18H23FO4. The number of aliphatic hydroxyl groups is 1. The molecule has 0 radical (unpaired) electrons. The lowest BCUT2D eigenvalue weighted by Crippen LogP contribution is -2.36. The molecule has 1 saturated carbocycles. The molecule has 0 saturated heterocycles. The van der Waals surface area contributed by atoms with Crippen molar-refractivity contribution in [3.05, 3.63) is 29.1 Å². The van der Waals surface area contributed by atoms with E-state index in [9.17, 15) is 9.18 Å². The Kier molecular flexibility index (Phi) is 4.97. The van der Waals surface area contributed by atoms with E-state index in [0.29, 0.717) is 12.5 Å². The van der Waals surface area contributed by atoms with Gasteiger partial charge in [0.1, 0.15) is 0 Å². The van der Waals surface area contributed by atoms with E-state index in [1.807, 2.05) is 6.92 Å². The molecule has 1 atom stereocenters. The lowest BCUT2D eigenvalue weighted by molar-refractivity contribution is -0.143. The second kappa shape index (κ2) is 6.97. The van der Waals surface area contributed by atoms with Crippen molar-refractivity contribution in [2.75, 3.05) is 6.61 Å². The van der Waals surface area contributed by atoms with Crippen LogP contribution in [0.15, 0.2) is 12.1 Å². The van der Waals surface area contributed by atoms with Gasteiger partial charge in [-0.25, -0.2) is 4.39 Å². The van der Waals surface area contributed by atoms with Gasteiger partial charge < -0.3 is 14.6 Å². The summed E-state index contributed by atoms with van der Waals surface area (Å²) in [5.41, 5.74) is 0.878. The van der Waals surface area contributed by atoms with Gasteiger partial charge in [-0.05, 0) is 50.5 Å². The van der Waals surface area contributed by atoms with Gasteiger partial charge in [-0.1, -0.05) is 12.1 Å². The first-order valence-corrected chi connectivity index (χ1v) is 8.38. The number of aliphatic hydroxyl groups excluding tert-OH is 1. The zero-order valence-electron chi connectivity index (χ0n) is 13.4. The van der Waals surface area contributed by atoms with E-state index in [-0.39, 0.29) is 29.1 Å². The van der Waals surface area contributed by atoms with Crippen molar-refractivity contribution in [2.24, 2.45) is 11.8 Å². The van der Waals surface area contributed by atoms with E-state index in [0.717, 1.165) is 37.9 Å². The highest BCUT2D eigenvalue weighted by Crippen LogP contribution is 2.39. The van der Waals surface area contributed by atoms with Crippen LogP contribution in [0.3, 0.4) is 0 Å². The van der Waals surface area contributed by atoms with E-state index >= 15 is 0 Å². The maximum Gasteiger partial charge on any atom is 0.315 e. The summed E-state index contributed by atoms with van der Waals surface area (Å²) in [7, 11) is 0. The molecule has 0 amide bonds. The van der Waals surface area contributed by atoms with E-state index in [1.54, 1.807) is 12.1 Å². The first-order valence-electron chi connectivity index (χ1n) is 8.38. The number of hydrogen-bond donors (Lipinski definition) is 1. The molecule has 5 heteroatoms. The molecule has 0 spiro atoms. The van der Waals surface area contributed by atoms with Crippen molar-refractivity contribution in [3.8, 4) is 5.75 Å².